The van der Waals surface area contributed by atoms with Gasteiger partial charge in [-0.15, -0.1) is 0 Å². The predicted molar refractivity (Wildman–Crippen MR) is 105 cm³/mol. The van der Waals surface area contributed by atoms with Crippen molar-refractivity contribution in [3.05, 3.63) is 83.4 Å². The number of likely N-dealkylation sites (tertiary alicyclic amines) is 1. The molecule has 1 N–H and O–H groups in total. The molecule has 140 valence electrons. The summed E-state index contributed by atoms with van der Waals surface area (Å²) >= 11 is 0. The van der Waals surface area contributed by atoms with E-state index in [1.54, 1.807) is 6.07 Å². The summed E-state index contributed by atoms with van der Waals surface area (Å²) in [5.74, 6) is -1.55. The molecule has 1 fully saturated rings. The van der Waals surface area contributed by atoms with Gasteiger partial charge in [-0.2, -0.15) is 0 Å². The van der Waals surface area contributed by atoms with Gasteiger partial charge in [-0.3, -0.25) is 4.90 Å². The highest BCUT2D eigenvalue weighted by Crippen LogP contribution is 2.18. The summed E-state index contributed by atoms with van der Waals surface area (Å²) in [6.07, 6.45) is 2.13. The van der Waals surface area contributed by atoms with Crippen LogP contribution in [0.25, 0.3) is 10.8 Å². The first-order valence-electron chi connectivity index (χ1n) is 9.55. The van der Waals surface area contributed by atoms with Gasteiger partial charge in [0.15, 0.2) is 11.6 Å². The quantitative estimate of drug-likeness (QED) is 0.693. The van der Waals surface area contributed by atoms with Crippen molar-refractivity contribution in [2.24, 2.45) is 0 Å². The van der Waals surface area contributed by atoms with E-state index in [4.69, 9.17) is 0 Å². The lowest BCUT2D eigenvalue weighted by Crippen LogP contribution is -2.41. The maximum absolute atomic E-state index is 13.4. The van der Waals surface area contributed by atoms with Crippen LogP contribution in [0.4, 0.5) is 8.78 Å². The van der Waals surface area contributed by atoms with Crippen LogP contribution in [0.1, 0.15) is 24.0 Å². The zero-order valence-corrected chi connectivity index (χ0v) is 15.3. The van der Waals surface area contributed by atoms with Crippen molar-refractivity contribution in [2.45, 2.75) is 32.0 Å². The van der Waals surface area contributed by atoms with E-state index in [9.17, 15) is 8.78 Å². The molecule has 0 radical (unpaired) electrons. The Bertz CT molecular complexity index is 917. The molecular formula is C23H24F2N2. The van der Waals surface area contributed by atoms with Crippen LogP contribution in [0.2, 0.25) is 0 Å². The first-order valence-corrected chi connectivity index (χ1v) is 9.55. The van der Waals surface area contributed by atoms with Gasteiger partial charge in [0.25, 0.3) is 0 Å². The van der Waals surface area contributed by atoms with Crippen molar-refractivity contribution in [3.8, 4) is 0 Å². The highest BCUT2D eigenvalue weighted by Gasteiger charge is 2.19. The first kappa shape index (κ1) is 18.1. The lowest BCUT2D eigenvalue weighted by Gasteiger charge is -2.32. The molecule has 1 aliphatic rings. The maximum Gasteiger partial charge on any atom is 0.159 e. The summed E-state index contributed by atoms with van der Waals surface area (Å²) < 4.78 is 26.4. The molecule has 4 rings (SSSR count). The van der Waals surface area contributed by atoms with Crippen LogP contribution >= 0.6 is 0 Å². The minimum absolute atomic E-state index is 0.498. The first-order chi connectivity index (χ1) is 13.2. The lowest BCUT2D eigenvalue weighted by molar-refractivity contribution is 0.190. The molecule has 4 heteroatoms. The van der Waals surface area contributed by atoms with Crippen LogP contribution < -0.4 is 5.32 Å². The van der Waals surface area contributed by atoms with E-state index in [2.05, 4.69) is 52.7 Å². The molecule has 0 amide bonds. The minimum atomic E-state index is -0.782. The molecule has 2 nitrogen and oxygen atoms in total. The van der Waals surface area contributed by atoms with Crippen molar-refractivity contribution in [2.75, 3.05) is 13.1 Å². The Kier molecular flexibility index (Phi) is 5.46. The fourth-order valence-electron chi connectivity index (χ4n) is 3.80. The normalized spacial score (nSPS) is 16.1. The van der Waals surface area contributed by atoms with Crippen molar-refractivity contribution in [3.63, 3.8) is 0 Å². The molecule has 0 aliphatic carbocycles. The zero-order chi connectivity index (χ0) is 18.6. The van der Waals surface area contributed by atoms with Gasteiger partial charge < -0.3 is 5.32 Å². The van der Waals surface area contributed by atoms with Crippen LogP contribution in [-0.2, 0) is 13.1 Å². The molecule has 0 aromatic heterocycles. The Labute approximate surface area is 158 Å². The van der Waals surface area contributed by atoms with E-state index in [0.29, 0.717) is 12.6 Å². The average Bonchev–Trinajstić information content (AvgIpc) is 2.70. The minimum Gasteiger partial charge on any atom is -0.310 e. The van der Waals surface area contributed by atoms with Crippen LogP contribution in [0.5, 0.6) is 0 Å². The summed E-state index contributed by atoms with van der Waals surface area (Å²) in [5.41, 5.74) is 2.13. The van der Waals surface area contributed by atoms with E-state index in [1.807, 2.05) is 0 Å². The second-order valence-electron chi connectivity index (χ2n) is 7.36. The summed E-state index contributed by atoms with van der Waals surface area (Å²) in [7, 11) is 0. The predicted octanol–water partition coefficient (Wildman–Crippen LogP) is 4.87. The van der Waals surface area contributed by atoms with Gasteiger partial charge in [-0.05, 0) is 66.0 Å². The second kappa shape index (κ2) is 8.15. The van der Waals surface area contributed by atoms with E-state index in [1.165, 1.54) is 28.5 Å². The third-order valence-electron chi connectivity index (χ3n) is 5.39. The van der Waals surface area contributed by atoms with Gasteiger partial charge in [0.05, 0.1) is 0 Å². The summed E-state index contributed by atoms with van der Waals surface area (Å²) in [6.45, 7) is 3.48. The number of hydrogen-bond acceptors (Lipinski definition) is 2. The van der Waals surface area contributed by atoms with Crippen LogP contribution in [-0.4, -0.2) is 24.0 Å². The second-order valence-corrected chi connectivity index (χ2v) is 7.36. The van der Waals surface area contributed by atoms with Crippen molar-refractivity contribution in [1.29, 1.82) is 0 Å². The van der Waals surface area contributed by atoms with Crippen LogP contribution in [0, 0.1) is 11.6 Å². The van der Waals surface area contributed by atoms with Crippen molar-refractivity contribution in [1.82, 2.24) is 10.2 Å². The van der Waals surface area contributed by atoms with Crippen molar-refractivity contribution < 1.29 is 8.78 Å². The molecule has 0 saturated carbocycles. The molecule has 1 saturated heterocycles. The highest BCUT2D eigenvalue weighted by atomic mass is 19.2. The number of hydrogen-bond donors (Lipinski definition) is 1. The fourth-order valence-corrected chi connectivity index (χ4v) is 3.80. The topological polar surface area (TPSA) is 15.3 Å². The van der Waals surface area contributed by atoms with Gasteiger partial charge in [0, 0.05) is 19.1 Å². The molecule has 27 heavy (non-hydrogen) atoms. The Balaban J connectivity index is 1.27. The number of piperidine rings is 1. The van der Waals surface area contributed by atoms with E-state index < -0.39 is 11.6 Å². The van der Waals surface area contributed by atoms with Gasteiger partial charge in [0.2, 0.25) is 0 Å². The molecule has 1 aliphatic heterocycles. The standard InChI is InChI=1S/C23H24F2N2/c24-22-8-6-18(14-23(22)25)16-27-11-9-21(10-12-27)26-15-17-5-7-19-3-1-2-4-20(19)13-17/h1-8,13-14,21,26H,9-12,15-16H2. The molecule has 0 unspecified atom stereocenters. The Morgan fingerprint density at radius 1 is 0.815 bits per heavy atom. The zero-order valence-electron chi connectivity index (χ0n) is 15.3. The number of benzene rings is 3. The average molecular weight is 366 g/mol. The summed E-state index contributed by atoms with van der Waals surface area (Å²) in [5, 5.41) is 6.21. The smallest absolute Gasteiger partial charge is 0.159 e. The molecule has 1 heterocycles. The number of nitrogens with zero attached hydrogens (tertiary/aromatic N) is 1. The maximum atomic E-state index is 13.4. The SMILES string of the molecule is Fc1ccc(CN2CCC(NCc3ccc4ccccc4c3)CC2)cc1F. The van der Waals surface area contributed by atoms with Gasteiger partial charge in [-0.1, -0.05) is 42.5 Å². The van der Waals surface area contributed by atoms with Crippen molar-refractivity contribution >= 4 is 10.8 Å². The van der Waals surface area contributed by atoms with E-state index >= 15 is 0 Å². The Morgan fingerprint density at radius 2 is 1.56 bits per heavy atom. The van der Waals surface area contributed by atoms with E-state index in [0.717, 1.165) is 38.0 Å². The Hall–Kier alpha value is -2.30. The number of rotatable bonds is 5. The summed E-state index contributed by atoms with van der Waals surface area (Å²) in [4.78, 5) is 2.31. The molecule has 3 aromatic carbocycles. The van der Waals surface area contributed by atoms with Gasteiger partial charge in [-0.25, -0.2) is 8.78 Å². The number of nitrogens with one attached hydrogen (secondary N) is 1. The summed E-state index contributed by atoms with van der Waals surface area (Å²) in [6, 6.07) is 19.7. The Morgan fingerprint density at radius 3 is 2.33 bits per heavy atom. The molecule has 0 spiro atoms. The van der Waals surface area contributed by atoms with Gasteiger partial charge >= 0.3 is 0 Å². The fraction of sp³-hybridized carbons (Fsp3) is 0.304. The van der Waals surface area contributed by atoms with Crippen LogP contribution in [0.15, 0.2) is 60.7 Å². The van der Waals surface area contributed by atoms with Gasteiger partial charge in [0.1, 0.15) is 0 Å². The third kappa shape index (κ3) is 4.52. The molecule has 3 aromatic rings. The number of fused-ring (bicyclic) bond motifs is 1. The van der Waals surface area contributed by atoms with E-state index in [-0.39, 0.29) is 0 Å². The third-order valence-corrected chi connectivity index (χ3v) is 5.39. The monoisotopic (exact) mass is 366 g/mol. The largest absolute Gasteiger partial charge is 0.310 e. The lowest BCUT2D eigenvalue weighted by atomic mass is 10.0. The van der Waals surface area contributed by atoms with Crippen LogP contribution in [0.3, 0.4) is 0 Å². The molecular weight excluding hydrogens is 342 g/mol. The number of halogens is 2. The highest BCUT2D eigenvalue weighted by molar-refractivity contribution is 5.82. The molecule has 0 bridgehead atoms. The molecule has 0 atom stereocenters.